The third-order valence-electron chi connectivity index (χ3n) is 3.72. The number of carbonyl (C=O) groups is 2. The predicted molar refractivity (Wildman–Crippen MR) is 77.8 cm³/mol. The summed E-state index contributed by atoms with van der Waals surface area (Å²) in [7, 11) is 0. The van der Waals surface area contributed by atoms with Crippen molar-refractivity contribution in [2.24, 2.45) is 0 Å². The van der Waals surface area contributed by atoms with Crippen LogP contribution in [0.25, 0.3) is 0 Å². The maximum Gasteiger partial charge on any atom is 0.314 e. The minimum Gasteiger partial charge on any atom is -0.481 e. The molecule has 0 bridgehead atoms. The predicted octanol–water partition coefficient (Wildman–Crippen LogP) is 1.41. The van der Waals surface area contributed by atoms with Crippen molar-refractivity contribution in [3.8, 4) is 0 Å². The van der Waals surface area contributed by atoms with Crippen LogP contribution < -0.4 is 10.6 Å². The van der Waals surface area contributed by atoms with Crippen LogP contribution in [0.2, 0.25) is 0 Å². The monoisotopic (exact) mass is 285 g/mol. The smallest absolute Gasteiger partial charge is 0.314 e. The van der Waals surface area contributed by atoms with Crippen molar-refractivity contribution in [2.45, 2.75) is 58.0 Å². The normalized spacial score (nSPS) is 19.9. The van der Waals surface area contributed by atoms with Gasteiger partial charge in [-0.3, -0.25) is 9.69 Å². The Hall–Kier alpha value is -1.30. The molecule has 1 unspecified atom stereocenters. The molecule has 0 aromatic heterocycles. The van der Waals surface area contributed by atoms with Gasteiger partial charge in [0.1, 0.15) is 0 Å². The van der Waals surface area contributed by atoms with Crippen LogP contribution in [0.15, 0.2) is 0 Å². The van der Waals surface area contributed by atoms with Crippen molar-refractivity contribution < 1.29 is 14.7 Å². The number of urea groups is 1. The fourth-order valence-electron chi connectivity index (χ4n) is 2.71. The van der Waals surface area contributed by atoms with Crippen LogP contribution >= 0.6 is 0 Å². The number of carbonyl (C=O) groups excluding carboxylic acids is 1. The zero-order valence-electron chi connectivity index (χ0n) is 12.5. The van der Waals surface area contributed by atoms with E-state index < -0.39 is 5.97 Å². The van der Waals surface area contributed by atoms with E-state index in [1.165, 1.54) is 19.3 Å². The molecule has 116 valence electrons. The van der Waals surface area contributed by atoms with Crippen molar-refractivity contribution in [1.29, 1.82) is 0 Å². The Kier molecular flexibility index (Phi) is 7.36. The summed E-state index contributed by atoms with van der Waals surface area (Å²) >= 11 is 0. The lowest BCUT2D eigenvalue weighted by Crippen LogP contribution is -2.46. The highest BCUT2D eigenvalue weighted by Crippen LogP contribution is 2.21. The van der Waals surface area contributed by atoms with Gasteiger partial charge in [-0.15, -0.1) is 0 Å². The molecule has 3 N–H and O–H groups in total. The maximum atomic E-state index is 11.5. The number of nitrogens with zero attached hydrogens (tertiary/aromatic N) is 1. The number of carboxylic acid groups (broad SMARTS) is 1. The van der Waals surface area contributed by atoms with Crippen LogP contribution in [0.3, 0.4) is 0 Å². The molecular formula is C14H27N3O3. The van der Waals surface area contributed by atoms with Gasteiger partial charge in [-0.1, -0.05) is 6.42 Å². The SMILES string of the molecule is CC(C)N1CCCCC1CCNC(=O)NCCC(=O)O. The third-order valence-corrected chi connectivity index (χ3v) is 3.72. The average molecular weight is 285 g/mol. The van der Waals surface area contributed by atoms with E-state index >= 15 is 0 Å². The molecule has 6 nitrogen and oxygen atoms in total. The zero-order chi connectivity index (χ0) is 15.0. The molecular weight excluding hydrogens is 258 g/mol. The minimum atomic E-state index is -0.903. The van der Waals surface area contributed by atoms with Gasteiger partial charge >= 0.3 is 12.0 Å². The topological polar surface area (TPSA) is 81.7 Å². The van der Waals surface area contributed by atoms with E-state index in [4.69, 9.17) is 5.11 Å². The number of aliphatic carboxylic acids is 1. The zero-order valence-corrected chi connectivity index (χ0v) is 12.5. The third kappa shape index (κ3) is 6.23. The summed E-state index contributed by atoms with van der Waals surface area (Å²) in [6.45, 7) is 6.37. The molecule has 2 amide bonds. The molecule has 1 atom stereocenters. The quantitative estimate of drug-likeness (QED) is 0.660. The molecule has 1 aliphatic rings. The molecule has 6 heteroatoms. The number of piperidine rings is 1. The molecule has 1 saturated heterocycles. The number of hydrogen-bond acceptors (Lipinski definition) is 3. The number of amides is 2. The summed E-state index contributed by atoms with van der Waals surface area (Å²) in [6, 6.07) is 0.811. The van der Waals surface area contributed by atoms with E-state index in [0.29, 0.717) is 18.6 Å². The van der Waals surface area contributed by atoms with Gasteiger partial charge in [-0.05, 0) is 39.7 Å². The molecule has 0 saturated carbocycles. The highest BCUT2D eigenvalue weighted by atomic mass is 16.4. The second-order valence-electron chi connectivity index (χ2n) is 5.60. The van der Waals surface area contributed by atoms with E-state index in [0.717, 1.165) is 13.0 Å². The summed E-state index contributed by atoms with van der Waals surface area (Å²) in [5.41, 5.74) is 0. The van der Waals surface area contributed by atoms with Gasteiger partial charge in [0, 0.05) is 25.2 Å². The average Bonchev–Trinajstić information content (AvgIpc) is 2.38. The summed E-state index contributed by atoms with van der Waals surface area (Å²) < 4.78 is 0. The molecule has 20 heavy (non-hydrogen) atoms. The van der Waals surface area contributed by atoms with E-state index in [9.17, 15) is 9.59 Å². The van der Waals surface area contributed by atoms with Crippen molar-refractivity contribution in [3.63, 3.8) is 0 Å². The molecule has 1 fully saturated rings. The maximum absolute atomic E-state index is 11.5. The highest BCUT2D eigenvalue weighted by Gasteiger charge is 2.23. The van der Waals surface area contributed by atoms with Gasteiger partial charge in [0.25, 0.3) is 0 Å². The Balaban J connectivity index is 2.18. The number of carboxylic acids is 1. The van der Waals surface area contributed by atoms with Gasteiger partial charge in [0.2, 0.25) is 0 Å². The van der Waals surface area contributed by atoms with E-state index in [1.54, 1.807) is 0 Å². The van der Waals surface area contributed by atoms with Crippen molar-refractivity contribution in [2.75, 3.05) is 19.6 Å². The number of rotatable bonds is 7. The molecule has 1 rings (SSSR count). The number of hydrogen-bond donors (Lipinski definition) is 3. The lowest BCUT2D eigenvalue weighted by Gasteiger charge is -2.38. The van der Waals surface area contributed by atoms with Crippen molar-refractivity contribution >= 4 is 12.0 Å². The molecule has 0 radical (unpaired) electrons. The van der Waals surface area contributed by atoms with Crippen molar-refractivity contribution in [1.82, 2.24) is 15.5 Å². The van der Waals surface area contributed by atoms with Gasteiger partial charge in [0.05, 0.1) is 6.42 Å². The van der Waals surface area contributed by atoms with E-state index in [1.807, 2.05) is 0 Å². The summed E-state index contributed by atoms with van der Waals surface area (Å²) in [4.78, 5) is 24.3. The summed E-state index contributed by atoms with van der Waals surface area (Å²) in [5.74, 6) is -0.903. The van der Waals surface area contributed by atoms with Gasteiger partial charge in [-0.2, -0.15) is 0 Å². The summed E-state index contributed by atoms with van der Waals surface area (Å²) in [5, 5.41) is 13.8. The van der Waals surface area contributed by atoms with Crippen LogP contribution in [0.1, 0.15) is 46.0 Å². The second-order valence-corrected chi connectivity index (χ2v) is 5.60. The lowest BCUT2D eigenvalue weighted by atomic mass is 9.98. The van der Waals surface area contributed by atoms with E-state index in [2.05, 4.69) is 29.4 Å². The van der Waals surface area contributed by atoms with Crippen LogP contribution in [-0.4, -0.2) is 53.7 Å². The van der Waals surface area contributed by atoms with Gasteiger partial charge < -0.3 is 15.7 Å². The first-order valence-corrected chi connectivity index (χ1v) is 7.50. The second kappa shape index (κ2) is 8.79. The first kappa shape index (κ1) is 16.8. The Labute approximate surface area is 120 Å². The molecule has 0 aromatic carbocycles. The first-order chi connectivity index (χ1) is 9.50. The number of likely N-dealkylation sites (tertiary alicyclic amines) is 1. The molecule has 0 aliphatic carbocycles. The van der Waals surface area contributed by atoms with E-state index in [-0.39, 0.29) is 19.0 Å². The Morgan fingerprint density at radius 3 is 2.60 bits per heavy atom. The first-order valence-electron chi connectivity index (χ1n) is 7.50. The van der Waals surface area contributed by atoms with Crippen LogP contribution in [0, 0.1) is 0 Å². The van der Waals surface area contributed by atoms with Gasteiger partial charge in [0.15, 0.2) is 0 Å². The van der Waals surface area contributed by atoms with Gasteiger partial charge in [-0.25, -0.2) is 4.79 Å². The lowest BCUT2D eigenvalue weighted by molar-refractivity contribution is -0.136. The standard InChI is InChI=1S/C14H27N3O3/c1-11(2)17-10-4-3-5-12(17)6-8-15-14(20)16-9-7-13(18)19/h11-12H,3-10H2,1-2H3,(H,18,19)(H2,15,16,20). The fraction of sp³-hybridized carbons (Fsp3) is 0.857. The Bertz CT molecular complexity index is 321. The highest BCUT2D eigenvalue weighted by molar-refractivity contribution is 5.74. The summed E-state index contributed by atoms with van der Waals surface area (Å²) in [6.07, 6.45) is 4.62. The van der Waals surface area contributed by atoms with Crippen LogP contribution in [0.4, 0.5) is 4.79 Å². The minimum absolute atomic E-state index is 0.0445. The van der Waals surface area contributed by atoms with Crippen molar-refractivity contribution in [3.05, 3.63) is 0 Å². The molecule has 0 aromatic rings. The number of nitrogens with one attached hydrogen (secondary N) is 2. The van der Waals surface area contributed by atoms with Crippen LogP contribution in [-0.2, 0) is 4.79 Å². The van der Waals surface area contributed by atoms with Crippen LogP contribution in [0.5, 0.6) is 0 Å². The molecule has 1 heterocycles. The fourth-order valence-corrected chi connectivity index (χ4v) is 2.71. The molecule has 1 aliphatic heterocycles. The largest absolute Gasteiger partial charge is 0.481 e. The Morgan fingerprint density at radius 1 is 1.25 bits per heavy atom. The Morgan fingerprint density at radius 2 is 1.95 bits per heavy atom. The molecule has 0 spiro atoms.